The third kappa shape index (κ3) is 3.67. The second kappa shape index (κ2) is 7.12. The van der Waals surface area contributed by atoms with Gasteiger partial charge in [-0.2, -0.15) is 0 Å². The minimum atomic E-state index is 0.00793. The molecular formula is C19H23NO2. The van der Waals surface area contributed by atoms with Crippen LogP contribution in [-0.4, -0.2) is 13.0 Å². The van der Waals surface area contributed by atoms with Crippen molar-refractivity contribution in [2.75, 3.05) is 12.4 Å². The summed E-state index contributed by atoms with van der Waals surface area (Å²) in [5.41, 5.74) is 5.23. The summed E-state index contributed by atoms with van der Waals surface area (Å²) in [5, 5.41) is 3.06. The van der Waals surface area contributed by atoms with Crippen LogP contribution in [0.3, 0.4) is 0 Å². The molecule has 1 N–H and O–H groups in total. The van der Waals surface area contributed by atoms with Crippen LogP contribution in [-0.2, 0) is 17.6 Å². The number of anilines is 1. The van der Waals surface area contributed by atoms with Crippen LogP contribution in [0.5, 0.6) is 5.75 Å². The second-order valence-corrected chi connectivity index (χ2v) is 5.49. The summed E-state index contributed by atoms with van der Waals surface area (Å²) < 4.78 is 5.25. The summed E-state index contributed by atoms with van der Waals surface area (Å²) in [7, 11) is 1.65. The number of rotatable bonds is 5. The maximum atomic E-state index is 12.3. The minimum absolute atomic E-state index is 0.00793. The van der Waals surface area contributed by atoms with Crippen LogP contribution in [0.2, 0.25) is 0 Å². The first-order chi connectivity index (χ1) is 10.5. The predicted molar refractivity (Wildman–Crippen MR) is 90.6 cm³/mol. The Morgan fingerprint density at radius 2 is 1.91 bits per heavy atom. The summed E-state index contributed by atoms with van der Waals surface area (Å²) >= 11 is 0. The van der Waals surface area contributed by atoms with Crippen LogP contribution in [0.25, 0.3) is 0 Å². The summed E-state index contributed by atoms with van der Waals surface area (Å²) in [5.74, 6) is 0.852. The lowest BCUT2D eigenvalue weighted by Gasteiger charge is -2.13. The largest absolute Gasteiger partial charge is 0.496 e. The van der Waals surface area contributed by atoms with E-state index in [1.807, 2.05) is 44.2 Å². The molecule has 2 aromatic rings. The first-order valence-electron chi connectivity index (χ1n) is 7.57. The molecule has 22 heavy (non-hydrogen) atoms. The highest BCUT2D eigenvalue weighted by atomic mass is 16.5. The van der Waals surface area contributed by atoms with Crippen LogP contribution in [0.15, 0.2) is 36.4 Å². The molecule has 0 saturated carbocycles. The molecule has 0 aliphatic rings. The molecule has 1 amide bonds. The van der Waals surface area contributed by atoms with Gasteiger partial charge in [-0.25, -0.2) is 0 Å². The molecule has 0 radical (unpaired) electrons. The lowest BCUT2D eigenvalue weighted by molar-refractivity contribution is -0.115. The van der Waals surface area contributed by atoms with Crippen molar-refractivity contribution in [3.63, 3.8) is 0 Å². The van der Waals surface area contributed by atoms with Crippen LogP contribution < -0.4 is 10.1 Å². The monoisotopic (exact) mass is 297 g/mol. The number of para-hydroxylation sites is 1. The highest BCUT2D eigenvalue weighted by molar-refractivity contribution is 5.93. The standard InChI is InChI=1S/C19H23NO2/c1-5-16-8-6-7-13(2)19(16)20-18(21)12-15-9-10-17(22-4)14(3)11-15/h6-11H,5,12H2,1-4H3,(H,20,21). The van der Waals surface area contributed by atoms with Crippen molar-refractivity contribution in [3.8, 4) is 5.75 Å². The number of carbonyl (C=O) groups excluding carboxylic acids is 1. The van der Waals surface area contributed by atoms with E-state index in [9.17, 15) is 4.79 Å². The average Bonchev–Trinajstić information content (AvgIpc) is 2.49. The summed E-state index contributed by atoms with van der Waals surface area (Å²) in [6.45, 7) is 6.10. The zero-order chi connectivity index (χ0) is 16.1. The zero-order valence-corrected chi connectivity index (χ0v) is 13.7. The smallest absolute Gasteiger partial charge is 0.228 e. The topological polar surface area (TPSA) is 38.3 Å². The van der Waals surface area contributed by atoms with Crippen LogP contribution in [0.1, 0.15) is 29.2 Å². The molecule has 0 aromatic heterocycles. The number of ether oxygens (including phenoxy) is 1. The molecule has 3 nitrogen and oxygen atoms in total. The number of methoxy groups -OCH3 is 1. The SMILES string of the molecule is CCc1cccc(C)c1NC(=O)Cc1ccc(OC)c(C)c1. The lowest BCUT2D eigenvalue weighted by atomic mass is 10.0. The van der Waals surface area contributed by atoms with Gasteiger partial charge in [0, 0.05) is 5.69 Å². The number of amides is 1. The number of carbonyl (C=O) groups is 1. The van der Waals surface area contributed by atoms with E-state index in [-0.39, 0.29) is 5.91 Å². The molecule has 0 atom stereocenters. The van der Waals surface area contributed by atoms with Crippen LogP contribution in [0.4, 0.5) is 5.69 Å². The molecule has 0 aliphatic carbocycles. The molecule has 0 spiro atoms. The molecular weight excluding hydrogens is 274 g/mol. The summed E-state index contributed by atoms with van der Waals surface area (Å²) in [6.07, 6.45) is 1.27. The Labute approximate surface area is 132 Å². The predicted octanol–water partition coefficient (Wildman–Crippen LogP) is 4.06. The maximum absolute atomic E-state index is 12.3. The van der Waals surface area contributed by atoms with Gasteiger partial charge in [0.05, 0.1) is 13.5 Å². The molecule has 0 unspecified atom stereocenters. The fourth-order valence-corrected chi connectivity index (χ4v) is 2.62. The second-order valence-electron chi connectivity index (χ2n) is 5.49. The van der Waals surface area contributed by atoms with Crippen LogP contribution in [0, 0.1) is 13.8 Å². The molecule has 0 bridgehead atoms. The third-order valence-corrected chi connectivity index (χ3v) is 3.83. The number of hydrogen-bond acceptors (Lipinski definition) is 2. The van der Waals surface area contributed by atoms with Gasteiger partial charge in [0.25, 0.3) is 0 Å². The number of hydrogen-bond donors (Lipinski definition) is 1. The van der Waals surface area contributed by atoms with Gasteiger partial charge in [0.15, 0.2) is 0 Å². The highest BCUT2D eigenvalue weighted by Gasteiger charge is 2.10. The van der Waals surface area contributed by atoms with Crippen molar-refractivity contribution in [2.24, 2.45) is 0 Å². The van der Waals surface area contributed by atoms with E-state index in [1.54, 1.807) is 7.11 Å². The Hall–Kier alpha value is -2.29. The Morgan fingerprint density at radius 3 is 2.55 bits per heavy atom. The molecule has 2 aromatic carbocycles. The van der Waals surface area contributed by atoms with Gasteiger partial charge >= 0.3 is 0 Å². The quantitative estimate of drug-likeness (QED) is 0.904. The number of benzene rings is 2. The zero-order valence-electron chi connectivity index (χ0n) is 13.7. The average molecular weight is 297 g/mol. The Balaban J connectivity index is 2.12. The van der Waals surface area contributed by atoms with Gasteiger partial charge in [-0.3, -0.25) is 4.79 Å². The fourth-order valence-electron chi connectivity index (χ4n) is 2.62. The third-order valence-electron chi connectivity index (χ3n) is 3.83. The van der Waals surface area contributed by atoms with Crippen molar-refractivity contribution in [3.05, 3.63) is 58.7 Å². The van der Waals surface area contributed by atoms with E-state index in [4.69, 9.17) is 4.74 Å². The van der Waals surface area contributed by atoms with Gasteiger partial charge in [-0.05, 0) is 48.6 Å². The number of nitrogens with one attached hydrogen (secondary N) is 1. The van der Waals surface area contributed by atoms with E-state index >= 15 is 0 Å². The first-order valence-corrected chi connectivity index (χ1v) is 7.57. The van der Waals surface area contributed by atoms with Gasteiger partial charge in [-0.1, -0.05) is 37.3 Å². The molecule has 0 saturated heterocycles. The van der Waals surface area contributed by atoms with Gasteiger partial charge < -0.3 is 10.1 Å². The van der Waals surface area contributed by atoms with E-state index in [0.29, 0.717) is 6.42 Å². The molecule has 0 aliphatic heterocycles. The van der Waals surface area contributed by atoms with Crippen molar-refractivity contribution in [1.29, 1.82) is 0 Å². The summed E-state index contributed by atoms with van der Waals surface area (Å²) in [6, 6.07) is 11.9. The molecule has 0 fully saturated rings. The normalized spacial score (nSPS) is 10.4. The Bertz CT molecular complexity index is 677. The maximum Gasteiger partial charge on any atom is 0.228 e. The lowest BCUT2D eigenvalue weighted by Crippen LogP contribution is -2.16. The van der Waals surface area contributed by atoms with Crippen molar-refractivity contribution >= 4 is 11.6 Å². The van der Waals surface area contributed by atoms with Gasteiger partial charge in [0.1, 0.15) is 5.75 Å². The van der Waals surface area contributed by atoms with E-state index in [1.165, 1.54) is 5.56 Å². The molecule has 3 heteroatoms. The number of aryl methyl sites for hydroxylation is 3. The van der Waals surface area contributed by atoms with E-state index < -0.39 is 0 Å². The molecule has 2 rings (SSSR count). The van der Waals surface area contributed by atoms with Gasteiger partial charge in [0.2, 0.25) is 5.91 Å². The van der Waals surface area contributed by atoms with Crippen molar-refractivity contribution in [2.45, 2.75) is 33.6 Å². The Kier molecular flexibility index (Phi) is 5.21. The Morgan fingerprint density at radius 1 is 1.14 bits per heavy atom. The first kappa shape index (κ1) is 16.1. The van der Waals surface area contributed by atoms with Gasteiger partial charge in [-0.15, -0.1) is 0 Å². The molecule has 0 heterocycles. The fraction of sp³-hybridized carbons (Fsp3) is 0.316. The van der Waals surface area contributed by atoms with E-state index in [0.717, 1.165) is 34.5 Å². The minimum Gasteiger partial charge on any atom is -0.496 e. The highest BCUT2D eigenvalue weighted by Crippen LogP contribution is 2.22. The van der Waals surface area contributed by atoms with Crippen LogP contribution >= 0.6 is 0 Å². The van der Waals surface area contributed by atoms with Crippen molar-refractivity contribution in [1.82, 2.24) is 0 Å². The van der Waals surface area contributed by atoms with Crippen molar-refractivity contribution < 1.29 is 9.53 Å². The van der Waals surface area contributed by atoms with E-state index in [2.05, 4.69) is 18.3 Å². The summed E-state index contributed by atoms with van der Waals surface area (Å²) in [4.78, 5) is 12.3. The molecule has 116 valence electrons.